The summed E-state index contributed by atoms with van der Waals surface area (Å²) >= 11 is 0. The third kappa shape index (κ3) is 1.59. The fourth-order valence-electron chi connectivity index (χ4n) is 2.44. The van der Waals surface area contributed by atoms with Gasteiger partial charge in [-0.25, -0.2) is 0 Å². The summed E-state index contributed by atoms with van der Waals surface area (Å²) in [4.78, 5) is 11.5. The van der Waals surface area contributed by atoms with Crippen LogP contribution in [0, 0.1) is 0 Å². The maximum atomic E-state index is 11.5. The Morgan fingerprint density at radius 3 is 2.69 bits per heavy atom. The molecular weight excluding hydrogens is 208 g/mol. The van der Waals surface area contributed by atoms with Gasteiger partial charge in [0, 0.05) is 13.1 Å². The van der Waals surface area contributed by atoms with Gasteiger partial charge < -0.3 is 10.8 Å². The fourth-order valence-corrected chi connectivity index (χ4v) is 2.44. The van der Waals surface area contributed by atoms with Crippen molar-refractivity contribution in [1.29, 1.82) is 0 Å². The molecule has 1 aromatic rings. The summed E-state index contributed by atoms with van der Waals surface area (Å²) in [6.45, 7) is 0. The van der Waals surface area contributed by atoms with Crippen LogP contribution in [0.3, 0.4) is 0 Å². The number of aromatic nitrogens is 3. The number of carbonyl (C=O) groups is 1. The number of aryl methyl sites for hydroxylation is 1. The van der Waals surface area contributed by atoms with Crippen LogP contribution < -0.4 is 5.73 Å². The number of rotatable bonds is 2. The van der Waals surface area contributed by atoms with Gasteiger partial charge in [0.25, 0.3) is 0 Å². The second kappa shape index (κ2) is 3.86. The summed E-state index contributed by atoms with van der Waals surface area (Å²) in [5.74, 6) is -0.801. The predicted molar refractivity (Wildman–Crippen MR) is 56.8 cm³/mol. The number of hydrogen-bond donors (Lipinski definition) is 2. The zero-order valence-corrected chi connectivity index (χ0v) is 9.26. The van der Waals surface area contributed by atoms with Crippen LogP contribution in [-0.4, -0.2) is 32.1 Å². The van der Waals surface area contributed by atoms with Crippen LogP contribution in [0.2, 0.25) is 0 Å². The van der Waals surface area contributed by atoms with Gasteiger partial charge in [0.15, 0.2) is 0 Å². The van der Waals surface area contributed by atoms with Crippen LogP contribution in [0.25, 0.3) is 0 Å². The van der Waals surface area contributed by atoms with E-state index in [0.717, 1.165) is 12.8 Å². The predicted octanol–water partition coefficient (Wildman–Crippen LogP) is 0.0388. The quantitative estimate of drug-likeness (QED) is 0.739. The first-order valence-corrected chi connectivity index (χ1v) is 5.40. The molecular formula is C10H16N4O2. The Hall–Kier alpha value is -1.43. The molecule has 2 rings (SSSR count). The van der Waals surface area contributed by atoms with Gasteiger partial charge >= 0.3 is 5.97 Å². The van der Waals surface area contributed by atoms with Gasteiger partial charge in [-0.3, -0.25) is 9.48 Å². The molecule has 0 aliphatic heterocycles. The van der Waals surface area contributed by atoms with E-state index < -0.39 is 11.4 Å². The molecule has 0 spiro atoms. The zero-order chi connectivity index (χ0) is 11.8. The van der Waals surface area contributed by atoms with Crippen LogP contribution in [0.1, 0.15) is 31.4 Å². The first-order chi connectivity index (χ1) is 7.56. The molecule has 6 nitrogen and oxygen atoms in total. The maximum Gasteiger partial charge on any atom is 0.315 e. The molecule has 1 aliphatic carbocycles. The minimum Gasteiger partial charge on any atom is -0.481 e. The average molecular weight is 224 g/mol. The largest absolute Gasteiger partial charge is 0.481 e. The summed E-state index contributed by atoms with van der Waals surface area (Å²) in [7, 11) is 1.72. The van der Waals surface area contributed by atoms with Gasteiger partial charge in [-0.1, -0.05) is 5.21 Å². The van der Waals surface area contributed by atoms with Crippen molar-refractivity contribution in [3.8, 4) is 0 Å². The number of nitrogens with two attached hydrogens (primary N) is 1. The highest BCUT2D eigenvalue weighted by molar-refractivity contribution is 5.80. The number of carboxylic acid groups (broad SMARTS) is 1. The standard InChI is InChI=1S/C10H16N4O2/c1-14-8(6-12-13-14)10(9(15)16)4-2-7(11)3-5-10/h6-7H,2-5,11H2,1H3,(H,15,16). The Morgan fingerprint density at radius 2 is 2.25 bits per heavy atom. The third-order valence-corrected chi connectivity index (χ3v) is 3.50. The third-order valence-electron chi connectivity index (χ3n) is 3.50. The monoisotopic (exact) mass is 224 g/mol. The van der Waals surface area contributed by atoms with Crippen LogP contribution in [0.4, 0.5) is 0 Å². The van der Waals surface area contributed by atoms with E-state index in [9.17, 15) is 9.90 Å². The van der Waals surface area contributed by atoms with Crippen LogP contribution in [-0.2, 0) is 17.3 Å². The second-order valence-corrected chi connectivity index (χ2v) is 4.47. The SMILES string of the molecule is Cn1nncc1C1(C(=O)O)CCC(N)CC1. The van der Waals surface area contributed by atoms with E-state index in [-0.39, 0.29) is 6.04 Å². The molecule has 0 saturated heterocycles. The minimum atomic E-state index is -0.853. The molecule has 1 saturated carbocycles. The van der Waals surface area contributed by atoms with E-state index in [0.29, 0.717) is 18.5 Å². The summed E-state index contributed by atoms with van der Waals surface area (Å²) in [6.07, 6.45) is 4.13. The van der Waals surface area contributed by atoms with E-state index in [1.54, 1.807) is 17.9 Å². The Balaban J connectivity index is 2.37. The lowest BCUT2D eigenvalue weighted by atomic mass is 9.70. The molecule has 0 radical (unpaired) electrons. The van der Waals surface area contributed by atoms with Crippen LogP contribution in [0.5, 0.6) is 0 Å². The minimum absolute atomic E-state index is 0.119. The Labute approximate surface area is 93.4 Å². The smallest absolute Gasteiger partial charge is 0.315 e. The number of hydrogen-bond acceptors (Lipinski definition) is 4. The molecule has 1 aliphatic rings. The first-order valence-electron chi connectivity index (χ1n) is 5.40. The van der Waals surface area contributed by atoms with Crippen molar-refractivity contribution in [2.24, 2.45) is 12.8 Å². The van der Waals surface area contributed by atoms with Crippen molar-refractivity contribution in [2.45, 2.75) is 37.1 Å². The summed E-state index contributed by atoms with van der Waals surface area (Å²) < 4.78 is 1.55. The lowest BCUT2D eigenvalue weighted by molar-refractivity contribution is -0.145. The summed E-state index contributed by atoms with van der Waals surface area (Å²) in [5, 5.41) is 17.0. The van der Waals surface area contributed by atoms with Crippen LogP contribution >= 0.6 is 0 Å². The van der Waals surface area contributed by atoms with Gasteiger partial charge in [-0.2, -0.15) is 0 Å². The van der Waals surface area contributed by atoms with Gasteiger partial charge in [0.2, 0.25) is 0 Å². The van der Waals surface area contributed by atoms with E-state index in [4.69, 9.17) is 5.73 Å². The topological polar surface area (TPSA) is 94.0 Å². The van der Waals surface area contributed by atoms with E-state index >= 15 is 0 Å². The number of carboxylic acids is 1. The van der Waals surface area contributed by atoms with Gasteiger partial charge in [0.05, 0.1) is 11.9 Å². The molecule has 0 bridgehead atoms. The lowest BCUT2D eigenvalue weighted by Gasteiger charge is -2.35. The van der Waals surface area contributed by atoms with Crippen molar-refractivity contribution in [2.75, 3.05) is 0 Å². The normalized spacial score (nSPS) is 30.2. The molecule has 1 heterocycles. The number of aliphatic carboxylic acids is 1. The number of nitrogens with zero attached hydrogens (tertiary/aromatic N) is 3. The highest BCUT2D eigenvalue weighted by Gasteiger charge is 2.45. The zero-order valence-electron chi connectivity index (χ0n) is 9.26. The summed E-state index contributed by atoms with van der Waals surface area (Å²) in [6, 6.07) is 0.119. The van der Waals surface area contributed by atoms with Crippen molar-refractivity contribution < 1.29 is 9.90 Å². The van der Waals surface area contributed by atoms with Crippen LogP contribution in [0.15, 0.2) is 6.20 Å². The molecule has 0 amide bonds. The van der Waals surface area contributed by atoms with E-state index in [1.807, 2.05) is 0 Å². The van der Waals surface area contributed by atoms with E-state index in [2.05, 4.69) is 10.3 Å². The molecule has 0 aromatic carbocycles. The van der Waals surface area contributed by atoms with Crippen molar-refractivity contribution >= 4 is 5.97 Å². The molecule has 16 heavy (non-hydrogen) atoms. The lowest BCUT2D eigenvalue weighted by Crippen LogP contribution is -2.44. The highest BCUT2D eigenvalue weighted by Crippen LogP contribution is 2.38. The van der Waals surface area contributed by atoms with Crippen molar-refractivity contribution in [3.05, 3.63) is 11.9 Å². The molecule has 0 unspecified atom stereocenters. The molecule has 0 atom stereocenters. The van der Waals surface area contributed by atoms with Gasteiger partial charge in [-0.15, -0.1) is 5.10 Å². The Bertz CT molecular complexity index is 393. The van der Waals surface area contributed by atoms with E-state index in [1.165, 1.54) is 0 Å². The molecule has 1 fully saturated rings. The van der Waals surface area contributed by atoms with Gasteiger partial charge in [0.1, 0.15) is 5.41 Å². The summed E-state index contributed by atoms with van der Waals surface area (Å²) in [5.41, 5.74) is 5.64. The highest BCUT2D eigenvalue weighted by atomic mass is 16.4. The molecule has 1 aromatic heterocycles. The molecule has 6 heteroatoms. The Morgan fingerprint density at radius 1 is 1.62 bits per heavy atom. The molecule has 3 N–H and O–H groups in total. The average Bonchev–Trinajstić information content (AvgIpc) is 2.66. The van der Waals surface area contributed by atoms with Crippen molar-refractivity contribution in [3.63, 3.8) is 0 Å². The molecule has 88 valence electrons. The fraction of sp³-hybridized carbons (Fsp3) is 0.700. The Kier molecular flexibility index (Phi) is 2.67. The second-order valence-electron chi connectivity index (χ2n) is 4.47. The van der Waals surface area contributed by atoms with Gasteiger partial charge in [-0.05, 0) is 25.7 Å². The van der Waals surface area contributed by atoms with Crippen molar-refractivity contribution in [1.82, 2.24) is 15.0 Å². The maximum absolute atomic E-state index is 11.5. The first kappa shape index (κ1) is 11.1.